The van der Waals surface area contributed by atoms with Crippen molar-refractivity contribution in [3.05, 3.63) is 76.3 Å². The highest BCUT2D eigenvalue weighted by atomic mass is 35.5. The van der Waals surface area contributed by atoms with Gasteiger partial charge in [0.1, 0.15) is 27.9 Å². The lowest BCUT2D eigenvalue weighted by atomic mass is 9.88. The molecule has 0 fully saturated rings. The highest BCUT2D eigenvalue weighted by Crippen LogP contribution is 2.46. The largest absolute Gasteiger partial charge is 0.573 e. The summed E-state index contributed by atoms with van der Waals surface area (Å²) in [6.45, 7) is 0.0103. The monoisotopic (exact) mass is 557 g/mol. The van der Waals surface area contributed by atoms with Crippen LogP contribution in [0.25, 0.3) is 0 Å². The van der Waals surface area contributed by atoms with E-state index in [4.69, 9.17) is 25.8 Å². The van der Waals surface area contributed by atoms with E-state index in [1.54, 1.807) is 12.1 Å². The average molecular weight is 558 g/mol. The fourth-order valence-corrected chi connectivity index (χ4v) is 6.42. The Morgan fingerprint density at radius 3 is 2.30 bits per heavy atom. The number of sulfonamides is 1. The second kappa shape index (κ2) is 10.3. The molecule has 198 valence electrons. The normalized spacial score (nSPS) is 16.1. The Kier molecular flexibility index (Phi) is 7.50. The molecule has 7 nitrogen and oxygen atoms in total. The third kappa shape index (κ3) is 5.43. The molecule has 3 aromatic rings. The number of rotatable bonds is 7. The first-order valence-electron chi connectivity index (χ1n) is 10.9. The highest BCUT2D eigenvalue weighted by Gasteiger charge is 2.41. The average Bonchev–Trinajstić information content (AvgIpc) is 2.86. The molecule has 12 heteroatoms. The molecule has 4 rings (SSSR count). The molecule has 0 amide bonds. The Bertz CT molecular complexity index is 1400. The van der Waals surface area contributed by atoms with Crippen LogP contribution < -0.4 is 18.9 Å². The number of ether oxygens (including phenoxy) is 4. The number of hydrogen-bond acceptors (Lipinski definition) is 6. The van der Waals surface area contributed by atoms with Gasteiger partial charge >= 0.3 is 6.36 Å². The number of halogens is 4. The lowest BCUT2D eigenvalue weighted by molar-refractivity contribution is -0.274. The van der Waals surface area contributed by atoms with Crippen LogP contribution in [-0.2, 0) is 16.4 Å². The number of fused-ring (bicyclic) bond motifs is 1. The van der Waals surface area contributed by atoms with E-state index in [0.717, 1.165) is 17.7 Å². The number of alkyl halides is 3. The smallest absolute Gasteiger partial charge is 0.497 e. The molecule has 0 N–H and O–H groups in total. The zero-order chi connectivity index (χ0) is 27.0. The van der Waals surface area contributed by atoms with Gasteiger partial charge in [-0.2, -0.15) is 4.31 Å². The molecule has 0 aromatic heterocycles. The third-order valence-corrected chi connectivity index (χ3v) is 8.06. The summed E-state index contributed by atoms with van der Waals surface area (Å²) in [5, 5.41) is 0.177. The minimum atomic E-state index is -4.92. The van der Waals surface area contributed by atoms with E-state index in [1.807, 2.05) is 0 Å². The van der Waals surface area contributed by atoms with E-state index in [2.05, 4.69) is 4.74 Å². The van der Waals surface area contributed by atoms with Gasteiger partial charge in [0.15, 0.2) is 0 Å². The van der Waals surface area contributed by atoms with Gasteiger partial charge in [-0.05, 0) is 53.9 Å². The number of benzene rings is 3. The summed E-state index contributed by atoms with van der Waals surface area (Å²) in [6, 6.07) is 11.7. The highest BCUT2D eigenvalue weighted by molar-refractivity contribution is 7.89. The van der Waals surface area contributed by atoms with Gasteiger partial charge in [-0.3, -0.25) is 0 Å². The van der Waals surface area contributed by atoms with Crippen LogP contribution in [-0.4, -0.2) is 47.0 Å². The molecule has 0 aliphatic carbocycles. The lowest BCUT2D eigenvalue weighted by Gasteiger charge is -2.38. The molecular weight excluding hydrogens is 535 g/mol. The predicted octanol–water partition coefficient (Wildman–Crippen LogP) is 5.60. The summed E-state index contributed by atoms with van der Waals surface area (Å²) in [4.78, 5) is -0.175. The maximum absolute atomic E-state index is 14.1. The Morgan fingerprint density at radius 1 is 0.919 bits per heavy atom. The summed E-state index contributed by atoms with van der Waals surface area (Å²) in [7, 11) is -0.0430. The van der Waals surface area contributed by atoms with Crippen LogP contribution in [0.1, 0.15) is 22.7 Å². The van der Waals surface area contributed by atoms with Crippen LogP contribution in [0.2, 0.25) is 5.02 Å². The summed E-state index contributed by atoms with van der Waals surface area (Å²) in [6.07, 6.45) is -4.63. The number of hydrogen-bond donors (Lipinski definition) is 0. The van der Waals surface area contributed by atoms with Crippen molar-refractivity contribution in [2.45, 2.75) is 23.7 Å². The predicted molar refractivity (Wildman–Crippen MR) is 130 cm³/mol. The maximum atomic E-state index is 14.1. The van der Waals surface area contributed by atoms with Gasteiger partial charge in [-0.1, -0.05) is 23.7 Å². The summed E-state index contributed by atoms with van der Waals surface area (Å²) >= 11 is 6.12. The lowest BCUT2D eigenvalue weighted by Crippen LogP contribution is -2.41. The van der Waals surface area contributed by atoms with Gasteiger partial charge < -0.3 is 18.9 Å². The second-order valence-electron chi connectivity index (χ2n) is 8.09. The molecule has 1 heterocycles. The topological polar surface area (TPSA) is 74.3 Å². The van der Waals surface area contributed by atoms with Crippen LogP contribution in [0, 0.1) is 0 Å². The van der Waals surface area contributed by atoms with E-state index in [0.29, 0.717) is 23.5 Å². The van der Waals surface area contributed by atoms with Gasteiger partial charge in [0.25, 0.3) is 0 Å². The molecule has 0 spiro atoms. The van der Waals surface area contributed by atoms with E-state index >= 15 is 0 Å². The van der Waals surface area contributed by atoms with Crippen molar-refractivity contribution >= 4 is 21.6 Å². The Labute approximate surface area is 217 Å². The standard InChI is InChI=1S/C25H23ClF3NO6S/c1-33-19-11-15-9-10-30(37(31,32)22-13-17(26)7-8-20(22)34-2)24(23(15)21(14-19)35-3)16-5-4-6-18(12-16)36-25(27,28)29/h4-8,11-14,24H,9-10H2,1-3H3. The van der Waals surface area contributed by atoms with Crippen LogP contribution in [0.15, 0.2) is 59.5 Å². The Hall–Kier alpha value is -3.15. The molecule has 0 bridgehead atoms. The fraction of sp³-hybridized carbons (Fsp3) is 0.280. The molecule has 0 radical (unpaired) electrons. The Balaban J connectivity index is 1.96. The maximum Gasteiger partial charge on any atom is 0.573 e. The summed E-state index contributed by atoms with van der Waals surface area (Å²) in [5.41, 5.74) is 1.45. The fourth-order valence-electron chi connectivity index (χ4n) is 4.42. The minimum absolute atomic E-state index is 0.0103. The van der Waals surface area contributed by atoms with Gasteiger partial charge in [0, 0.05) is 23.2 Å². The van der Waals surface area contributed by atoms with Gasteiger partial charge in [0.2, 0.25) is 10.0 Å². The zero-order valence-corrected chi connectivity index (χ0v) is 21.6. The quantitative estimate of drug-likeness (QED) is 0.376. The van der Waals surface area contributed by atoms with Crippen molar-refractivity contribution in [2.24, 2.45) is 0 Å². The molecule has 1 unspecified atom stereocenters. The van der Waals surface area contributed by atoms with Gasteiger partial charge in [0.05, 0.1) is 27.4 Å². The van der Waals surface area contributed by atoms with Crippen LogP contribution in [0.5, 0.6) is 23.0 Å². The zero-order valence-electron chi connectivity index (χ0n) is 20.0. The number of methoxy groups -OCH3 is 3. The minimum Gasteiger partial charge on any atom is -0.497 e. The van der Waals surface area contributed by atoms with Gasteiger partial charge in [-0.15, -0.1) is 13.2 Å². The molecule has 37 heavy (non-hydrogen) atoms. The van der Waals surface area contributed by atoms with Crippen LogP contribution in [0.3, 0.4) is 0 Å². The molecular formula is C25H23ClF3NO6S. The third-order valence-electron chi connectivity index (χ3n) is 5.94. The van der Waals surface area contributed by atoms with Gasteiger partial charge in [-0.25, -0.2) is 8.42 Å². The SMILES string of the molecule is COc1cc2c(c(OC)c1)C(c1cccc(OC(F)(F)F)c1)N(S(=O)(=O)c1cc(Cl)ccc1OC)CC2. The van der Waals surface area contributed by atoms with E-state index in [9.17, 15) is 21.6 Å². The van der Waals surface area contributed by atoms with Crippen molar-refractivity contribution in [1.29, 1.82) is 0 Å². The van der Waals surface area contributed by atoms with Crippen molar-refractivity contribution in [1.82, 2.24) is 4.31 Å². The van der Waals surface area contributed by atoms with Crippen molar-refractivity contribution in [2.75, 3.05) is 27.9 Å². The first kappa shape index (κ1) is 26.9. The molecule has 1 aliphatic rings. The second-order valence-corrected chi connectivity index (χ2v) is 10.4. The molecule has 1 atom stereocenters. The molecule has 1 aliphatic heterocycles. The Morgan fingerprint density at radius 2 is 1.65 bits per heavy atom. The first-order chi connectivity index (χ1) is 17.5. The first-order valence-corrected chi connectivity index (χ1v) is 12.8. The molecule has 3 aromatic carbocycles. The van der Waals surface area contributed by atoms with Crippen molar-refractivity contribution in [3.8, 4) is 23.0 Å². The number of nitrogens with zero attached hydrogens (tertiary/aromatic N) is 1. The van der Waals surface area contributed by atoms with E-state index in [-0.39, 0.29) is 27.8 Å². The summed E-state index contributed by atoms with van der Waals surface area (Å²) in [5.74, 6) is 0.405. The van der Waals surface area contributed by atoms with E-state index in [1.165, 1.54) is 56.0 Å². The van der Waals surface area contributed by atoms with Crippen LogP contribution in [0.4, 0.5) is 13.2 Å². The molecule has 0 saturated heterocycles. The van der Waals surface area contributed by atoms with Crippen molar-refractivity contribution in [3.63, 3.8) is 0 Å². The summed E-state index contributed by atoms with van der Waals surface area (Å²) < 4.78 is 88.6. The molecule has 0 saturated carbocycles. The van der Waals surface area contributed by atoms with E-state index < -0.39 is 28.2 Å². The van der Waals surface area contributed by atoms with Crippen molar-refractivity contribution < 1.29 is 40.5 Å². The van der Waals surface area contributed by atoms with Crippen LogP contribution >= 0.6 is 11.6 Å².